The lowest BCUT2D eigenvalue weighted by Crippen LogP contribution is -2.23. The van der Waals surface area contributed by atoms with Crippen molar-refractivity contribution in [1.29, 1.82) is 0 Å². The normalized spacial score (nSPS) is 15.6. The molecule has 0 spiro atoms. The molecule has 0 radical (unpaired) electrons. The first-order chi connectivity index (χ1) is 17.3. The maximum absolute atomic E-state index is 12.6. The largest absolute Gasteiger partial charge is 0.488 e. The van der Waals surface area contributed by atoms with Gasteiger partial charge in [-0.1, -0.05) is 0 Å². The quantitative estimate of drug-likeness (QED) is 0.373. The van der Waals surface area contributed by atoms with Gasteiger partial charge in [-0.15, -0.1) is 10.2 Å². The lowest BCUT2D eigenvalue weighted by Gasteiger charge is -2.15. The van der Waals surface area contributed by atoms with Crippen LogP contribution in [0.1, 0.15) is 34.4 Å². The molecule has 1 atom stereocenters. The highest BCUT2D eigenvalue weighted by Gasteiger charge is 2.30. The van der Waals surface area contributed by atoms with Crippen LogP contribution in [0.4, 0.5) is 17.3 Å². The van der Waals surface area contributed by atoms with E-state index in [1.54, 1.807) is 12.2 Å². The molecular formula is C20H24N6O7S. The maximum Gasteiger partial charge on any atom is 0.293 e. The van der Waals surface area contributed by atoms with Crippen molar-refractivity contribution in [3.8, 4) is 5.75 Å². The monoisotopic (exact) mass is 495 g/mol. The Hall–Kier alpha value is -3.81. The predicted octanol–water partition coefficient (Wildman–Crippen LogP) is 0.667. The Morgan fingerprint density at radius 2 is 2.09 bits per heavy atom. The van der Waals surface area contributed by atoms with Crippen LogP contribution in [0.5, 0.6) is 5.75 Å². The van der Waals surface area contributed by atoms with E-state index in [0.29, 0.717) is 0 Å². The van der Waals surface area contributed by atoms with Gasteiger partial charge in [0, 0.05) is 35.4 Å². The zero-order valence-electron chi connectivity index (χ0n) is 21.2. The number of nitrogens with zero attached hydrogens (tertiary/aromatic N) is 3. The Morgan fingerprint density at radius 1 is 1.32 bits per heavy atom. The second-order valence-corrected chi connectivity index (χ2v) is 9.46. The fourth-order valence-electron chi connectivity index (χ4n) is 2.71. The fraction of sp³-hybridized carbons (Fsp3) is 0.400. The summed E-state index contributed by atoms with van der Waals surface area (Å²) in [5.41, 5.74) is -0.649. The predicted molar refractivity (Wildman–Crippen MR) is 120 cm³/mol. The van der Waals surface area contributed by atoms with Crippen molar-refractivity contribution < 1.29 is 36.4 Å². The molecule has 1 aliphatic carbocycles. The van der Waals surface area contributed by atoms with Gasteiger partial charge in [0.1, 0.15) is 29.2 Å². The van der Waals surface area contributed by atoms with Crippen LogP contribution in [0.2, 0.25) is 0 Å². The van der Waals surface area contributed by atoms with E-state index in [1.165, 1.54) is 18.3 Å². The SMILES string of the molecule is [2H]C([2H])([2H])NC(=O)c1nnc(NC(=O)C2CC2)cc1Nc1ncc(OC[C@H](C)OC=O)cc1S(C)(=O)=O. The van der Waals surface area contributed by atoms with E-state index < -0.39 is 34.5 Å². The number of rotatable bonds is 11. The molecule has 1 aliphatic rings. The summed E-state index contributed by atoms with van der Waals surface area (Å²) in [6, 6.07) is 2.38. The molecule has 14 heteroatoms. The van der Waals surface area contributed by atoms with E-state index >= 15 is 0 Å². The first-order valence-electron chi connectivity index (χ1n) is 11.5. The van der Waals surface area contributed by atoms with Crippen LogP contribution in [-0.4, -0.2) is 67.8 Å². The lowest BCUT2D eigenvalue weighted by atomic mass is 10.2. The Morgan fingerprint density at radius 3 is 2.74 bits per heavy atom. The molecule has 2 heterocycles. The van der Waals surface area contributed by atoms with Crippen LogP contribution in [0.3, 0.4) is 0 Å². The minimum atomic E-state index is -3.91. The number of anilines is 3. The minimum absolute atomic E-state index is 0.0464. The first kappa shape index (κ1) is 20.8. The number of hydrogen-bond donors (Lipinski definition) is 3. The van der Waals surface area contributed by atoms with Crippen LogP contribution in [0.25, 0.3) is 0 Å². The number of amides is 2. The molecule has 1 saturated carbocycles. The number of carbonyl (C=O) groups is 3. The Bertz CT molecular complexity index is 1300. The Balaban J connectivity index is 1.97. The van der Waals surface area contributed by atoms with E-state index in [0.717, 1.165) is 19.1 Å². The molecule has 13 nitrogen and oxygen atoms in total. The van der Waals surface area contributed by atoms with Gasteiger partial charge in [0.25, 0.3) is 12.4 Å². The molecule has 2 amide bonds. The summed E-state index contributed by atoms with van der Waals surface area (Å²) in [5.74, 6) is -1.82. The van der Waals surface area contributed by atoms with Crippen molar-refractivity contribution >= 4 is 45.4 Å². The van der Waals surface area contributed by atoms with Gasteiger partial charge in [0.05, 0.1) is 11.9 Å². The highest BCUT2D eigenvalue weighted by molar-refractivity contribution is 7.90. The van der Waals surface area contributed by atoms with Crippen LogP contribution < -0.4 is 20.7 Å². The lowest BCUT2D eigenvalue weighted by molar-refractivity contribution is -0.134. The second-order valence-electron chi connectivity index (χ2n) is 7.48. The van der Waals surface area contributed by atoms with Crippen molar-refractivity contribution in [2.24, 2.45) is 5.92 Å². The third-order valence-corrected chi connectivity index (χ3v) is 5.68. The first-order valence-corrected chi connectivity index (χ1v) is 11.9. The Labute approximate surface area is 199 Å². The van der Waals surface area contributed by atoms with Gasteiger partial charge in [-0.2, -0.15) is 0 Å². The van der Waals surface area contributed by atoms with Crippen LogP contribution in [0, 0.1) is 5.92 Å². The molecule has 0 aliphatic heterocycles. The van der Waals surface area contributed by atoms with E-state index in [4.69, 9.17) is 13.6 Å². The summed E-state index contributed by atoms with van der Waals surface area (Å²) < 4.78 is 56.9. The molecule has 182 valence electrons. The van der Waals surface area contributed by atoms with E-state index in [-0.39, 0.29) is 52.9 Å². The number of pyridine rings is 1. The summed E-state index contributed by atoms with van der Waals surface area (Å²) in [5, 5.41) is 14.5. The highest BCUT2D eigenvalue weighted by Crippen LogP contribution is 2.31. The van der Waals surface area contributed by atoms with E-state index in [9.17, 15) is 22.8 Å². The number of hydrogen-bond acceptors (Lipinski definition) is 11. The summed E-state index contributed by atoms with van der Waals surface area (Å²) in [4.78, 5) is 38.9. The Kier molecular flexibility index (Phi) is 6.36. The number of aromatic nitrogens is 3. The van der Waals surface area contributed by atoms with Gasteiger partial charge in [-0.3, -0.25) is 14.4 Å². The summed E-state index contributed by atoms with van der Waals surface area (Å²) in [6.07, 6.45) is 2.95. The van der Waals surface area contributed by atoms with Crippen molar-refractivity contribution in [3.63, 3.8) is 0 Å². The average Bonchev–Trinajstić information content (AvgIpc) is 3.62. The minimum Gasteiger partial charge on any atom is -0.488 e. The molecule has 2 aromatic heterocycles. The van der Waals surface area contributed by atoms with E-state index in [1.807, 2.05) is 0 Å². The van der Waals surface area contributed by atoms with Crippen molar-refractivity contribution in [1.82, 2.24) is 20.5 Å². The topological polar surface area (TPSA) is 179 Å². The second kappa shape index (κ2) is 10.4. The van der Waals surface area contributed by atoms with Crippen LogP contribution in [0.15, 0.2) is 23.2 Å². The van der Waals surface area contributed by atoms with Crippen molar-refractivity contribution in [2.75, 3.05) is 30.5 Å². The molecule has 1 fully saturated rings. The van der Waals surface area contributed by atoms with Gasteiger partial charge in [-0.05, 0) is 19.8 Å². The average molecular weight is 496 g/mol. The van der Waals surface area contributed by atoms with Crippen LogP contribution >= 0.6 is 0 Å². The maximum atomic E-state index is 12.6. The highest BCUT2D eigenvalue weighted by atomic mass is 32.2. The molecule has 3 N–H and O–H groups in total. The molecule has 0 unspecified atom stereocenters. The standard InChI is InChI=1S/C20H24N6O7S/c1-11(33-10-27)9-32-13-6-15(34(3,30)31)18(22-8-13)23-14-7-16(24-19(28)12-4-5-12)25-26-17(14)20(29)21-2/h6-8,10-12H,4-5,9H2,1-3H3,(H,21,29)(H2,22,23,24,25,28)/t11-/m0/s1/i2D3. The van der Waals surface area contributed by atoms with Gasteiger partial charge in [0.15, 0.2) is 21.3 Å². The number of ether oxygens (including phenoxy) is 2. The molecule has 0 bridgehead atoms. The van der Waals surface area contributed by atoms with Crippen molar-refractivity contribution in [3.05, 3.63) is 24.0 Å². The zero-order valence-corrected chi connectivity index (χ0v) is 19.0. The van der Waals surface area contributed by atoms with Gasteiger partial charge in [0.2, 0.25) is 5.91 Å². The fourth-order valence-corrected chi connectivity index (χ4v) is 3.49. The summed E-state index contributed by atoms with van der Waals surface area (Å²) >= 11 is 0. The molecule has 3 rings (SSSR count). The van der Waals surface area contributed by atoms with Gasteiger partial charge in [-0.25, -0.2) is 13.4 Å². The third-order valence-electron chi connectivity index (χ3n) is 4.57. The number of carbonyl (C=O) groups excluding carboxylic acids is 3. The van der Waals surface area contributed by atoms with Crippen molar-refractivity contribution in [2.45, 2.75) is 30.8 Å². The molecule has 34 heavy (non-hydrogen) atoms. The van der Waals surface area contributed by atoms with Gasteiger partial charge < -0.3 is 25.4 Å². The number of sulfone groups is 1. The van der Waals surface area contributed by atoms with E-state index in [2.05, 4.69) is 25.8 Å². The smallest absolute Gasteiger partial charge is 0.293 e. The molecular weight excluding hydrogens is 468 g/mol. The molecule has 2 aromatic rings. The zero-order chi connectivity index (χ0) is 27.4. The molecule has 0 aromatic carbocycles. The third kappa shape index (κ3) is 6.37. The summed E-state index contributed by atoms with van der Waals surface area (Å²) in [6.45, 7) is -1.09. The van der Waals surface area contributed by atoms with Crippen LogP contribution in [-0.2, 0) is 24.2 Å². The summed E-state index contributed by atoms with van der Waals surface area (Å²) in [7, 11) is -3.91. The molecule has 0 saturated heterocycles. The van der Waals surface area contributed by atoms with Gasteiger partial charge >= 0.3 is 0 Å². The number of nitrogens with one attached hydrogen (secondary N) is 3.